The first-order valence-corrected chi connectivity index (χ1v) is 14.0. The number of carbonyl (C=O) groups excluding carboxylic acids is 3. The number of ether oxygens (including phenoxy) is 2. The topological polar surface area (TPSA) is 103 Å². The molecular formula is C30H30ClN5O5. The Labute approximate surface area is 242 Å². The number of halogens is 1. The summed E-state index contributed by atoms with van der Waals surface area (Å²) < 4.78 is 10.8. The van der Waals surface area contributed by atoms with Gasteiger partial charge in [-0.1, -0.05) is 17.7 Å². The summed E-state index contributed by atoms with van der Waals surface area (Å²) in [5.41, 5.74) is 2.79. The first kappa shape index (κ1) is 26.9. The number of amides is 3. The number of nitrogens with one attached hydrogen (secondary N) is 2. The van der Waals surface area contributed by atoms with Gasteiger partial charge >= 0.3 is 0 Å². The lowest BCUT2D eigenvalue weighted by atomic mass is 10.1. The SMILES string of the molecule is O=C(Nc1cc(C(=O)N2CCNCC2)ccc1N1CCN(C(=O)c2ccc3c(c2)OCO3)CC1)c1cccc(Cl)c1. The number of benzene rings is 3. The van der Waals surface area contributed by atoms with Crippen molar-refractivity contribution in [3.8, 4) is 11.5 Å². The summed E-state index contributed by atoms with van der Waals surface area (Å²) in [5, 5.41) is 6.72. The van der Waals surface area contributed by atoms with E-state index in [0.29, 0.717) is 78.2 Å². The number of nitrogens with zero attached hydrogens (tertiary/aromatic N) is 3. The minimum Gasteiger partial charge on any atom is -0.454 e. The van der Waals surface area contributed by atoms with E-state index in [-0.39, 0.29) is 24.5 Å². The van der Waals surface area contributed by atoms with Crippen molar-refractivity contribution in [1.82, 2.24) is 15.1 Å². The standard InChI is InChI=1S/C30H30ClN5O5/c31-23-3-1-2-20(16-23)28(37)33-24-17-21(29(38)35-10-8-32-9-11-35)4-6-25(24)34-12-14-36(15-13-34)30(39)22-5-7-26-27(18-22)41-19-40-26/h1-7,16-18,32H,8-15,19H2,(H,33,37). The fraction of sp³-hybridized carbons (Fsp3) is 0.300. The highest BCUT2D eigenvalue weighted by atomic mass is 35.5. The van der Waals surface area contributed by atoms with Gasteiger partial charge in [0, 0.05) is 74.1 Å². The fourth-order valence-corrected chi connectivity index (χ4v) is 5.47. The van der Waals surface area contributed by atoms with Gasteiger partial charge in [-0.2, -0.15) is 0 Å². The van der Waals surface area contributed by atoms with Crippen LogP contribution in [0.25, 0.3) is 0 Å². The molecule has 3 aliphatic heterocycles. The van der Waals surface area contributed by atoms with E-state index in [1.807, 2.05) is 11.0 Å². The second kappa shape index (κ2) is 11.7. The second-order valence-corrected chi connectivity index (χ2v) is 10.5. The van der Waals surface area contributed by atoms with E-state index in [4.69, 9.17) is 21.1 Å². The maximum absolute atomic E-state index is 13.3. The molecule has 0 aliphatic carbocycles. The highest BCUT2D eigenvalue weighted by Crippen LogP contribution is 2.33. The van der Waals surface area contributed by atoms with Gasteiger partial charge in [-0.05, 0) is 54.6 Å². The van der Waals surface area contributed by atoms with Crippen LogP contribution in [0.1, 0.15) is 31.1 Å². The summed E-state index contributed by atoms with van der Waals surface area (Å²) >= 11 is 6.12. The summed E-state index contributed by atoms with van der Waals surface area (Å²) in [7, 11) is 0. The number of rotatable bonds is 5. The highest BCUT2D eigenvalue weighted by molar-refractivity contribution is 6.31. The predicted octanol–water partition coefficient (Wildman–Crippen LogP) is 3.33. The van der Waals surface area contributed by atoms with Crippen LogP contribution >= 0.6 is 11.6 Å². The largest absolute Gasteiger partial charge is 0.454 e. The molecule has 2 fully saturated rings. The van der Waals surface area contributed by atoms with Crippen molar-refractivity contribution >= 4 is 40.7 Å². The minimum atomic E-state index is -0.322. The molecular weight excluding hydrogens is 546 g/mol. The van der Waals surface area contributed by atoms with E-state index < -0.39 is 0 Å². The molecule has 3 aliphatic rings. The van der Waals surface area contributed by atoms with Gasteiger partial charge in [-0.3, -0.25) is 14.4 Å². The first-order chi connectivity index (χ1) is 20.0. The van der Waals surface area contributed by atoms with Crippen LogP contribution in [0.15, 0.2) is 60.7 Å². The van der Waals surface area contributed by atoms with E-state index >= 15 is 0 Å². The van der Waals surface area contributed by atoms with Gasteiger partial charge in [0.05, 0.1) is 11.4 Å². The lowest BCUT2D eigenvalue weighted by Gasteiger charge is -2.37. The molecule has 0 atom stereocenters. The van der Waals surface area contributed by atoms with E-state index in [2.05, 4.69) is 15.5 Å². The number of hydrogen-bond acceptors (Lipinski definition) is 7. The number of piperazine rings is 2. The maximum Gasteiger partial charge on any atom is 0.255 e. The summed E-state index contributed by atoms with van der Waals surface area (Å²) in [6.07, 6.45) is 0. The van der Waals surface area contributed by atoms with E-state index in [1.165, 1.54) is 0 Å². The highest BCUT2D eigenvalue weighted by Gasteiger charge is 2.27. The van der Waals surface area contributed by atoms with Crippen LogP contribution in [0.5, 0.6) is 11.5 Å². The molecule has 0 aromatic heterocycles. The van der Waals surface area contributed by atoms with Gasteiger partial charge < -0.3 is 34.8 Å². The Hall–Kier alpha value is -4.28. The van der Waals surface area contributed by atoms with Crippen molar-refractivity contribution in [2.75, 3.05) is 69.4 Å². The smallest absolute Gasteiger partial charge is 0.255 e. The number of anilines is 2. The Morgan fingerprint density at radius 1 is 0.732 bits per heavy atom. The van der Waals surface area contributed by atoms with Crippen LogP contribution in [0.3, 0.4) is 0 Å². The maximum atomic E-state index is 13.3. The molecule has 3 heterocycles. The van der Waals surface area contributed by atoms with Gasteiger partial charge in [0.25, 0.3) is 17.7 Å². The molecule has 2 saturated heterocycles. The molecule has 212 valence electrons. The molecule has 0 unspecified atom stereocenters. The van der Waals surface area contributed by atoms with Gasteiger partial charge in [0.1, 0.15) is 0 Å². The second-order valence-electron chi connectivity index (χ2n) is 10.1. The Morgan fingerprint density at radius 2 is 1.41 bits per heavy atom. The molecule has 3 aromatic rings. The molecule has 0 spiro atoms. The molecule has 41 heavy (non-hydrogen) atoms. The van der Waals surface area contributed by atoms with Crippen LogP contribution in [0, 0.1) is 0 Å². The molecule has 0 radical (unpaired) electrons. The molecule has 11 heteroatoms. The predicted molar refractivity (Wildman–Crippen MR) is 155 cm³/mol. The zero-order valence-electron chi connectivity index (χ0n) is 22.4. The third-order valence-electron chi connectivity index (χ3n) is 7.51. The van der Waals surface area contributed by atoms with Gasteiger partial charge in [0.15, 0.2) is 11.5 Å². The Kier molecular flexibility index (Phi) is 7.67. The van der Waals surface area contributed by atoms with Crippen molar-refractivity contribution < 1.29 is 23.9 Å². The third kappa shape index (κ3) is 5.79. The Balaban J connectivity index is 1.21. The van der Waals surface area contributed by atoms with Gasteiger partial charge in [-0.15, -0.1) is 0 Å². The molecule has 3 aromatic carbocycles. The summed E-state index contributed by atoms with van der Waals surface area (Å²) in [5.74, 6) is 0.740. The zero-order chi connectivity index (χ0) is 28.3. The number of hydrogen-bond donors (Lipinski definition) is 2. The van der Waals surface area contributed by atoms with Gasteiger partial charge in [0.2, 0.25) is 6.79 Å². The van der Waals surface area contributed by atoms with Crippen LogP contribution < -0.4 is 25.0 Å². The molecule has 2 N–H and O–H groups in total. The van der Waals surface area contributed by atoms with E-state index in [0.717, 1.165) is 18.8 Å². The van der Waals surface area contributed by atoms with Crippen LogP contribution in [0.4, 0.5) is 11.4 Å². The van der Waals surface area contributed by atoms with Crippen molar-refractivity contribution in [2.24, 2.45) is 0 Å². The van der Waals surface area contributed by atoms with Crippen molar-refractivity contribution in [2.45, 2.75) is 0 Å². The lowest BCUT2D eigenvalue weighted by Crippen LogP contribution is -2.49. The molecule has 3 amide bonds. The molecule has 6 rings (SSSR count). The third-order valence-corrected chi connectivity index (χ3v) is 7.74. The molecule has 10 nitrogen and oxygen atoms in total. The Morgan fingerprint density at radius 3 is 2.17 bits per heavy atom. The zero-order valence-corrected chi connectivity index (χ0v) is 23.2. The van der Waals surface area contributed by atoms with E-state index in [1.54, 1.807) is 59.5 Å². The van der Waals surface area contributed by atoms with Crippen LogP contribution in [-0.2, 0) is 0 Å². The van der Waals surface area contributed by atoms with Crippen LogP contribution in [0.2, 0.25) is 5.02 Å². The van der Waals surface area contributed by atoms with Crippen molar-refractivity contribution in [1.29, 1.82) is 0 Å². The number of carbonyl (C=O) groups is 3. The Bertz CT molecular complexity index is 1480. The van der Waals surface area contributed by atoms with Crippen LogP contribution in [-0.4, -0.2) is 86.7 Å². The van der Waals surface area contributed by atoms with Gasteiger partial charge in [-0.25, -0.2) is 0 Å². The minimum absolute atomic E-state index is 0.0737. The molecule has 0 saturated carbocycles. The quantitative estimate of drug-likeness (QED) is 0.481. The normalized spacial score (nSPS) is 16.5. The van der Waals surface area contributed by atoms with E-state index in [9.17, 15) is 14.4 Å². The first-order valence-electron chi connectivity index (χ1n) is 13.6. The monoisotopic (exact) mass is 575 g/mol. The van der Waals surface area contributed by atoms with Crippen molar-refractivity contribution in [3.63, 3.8) is 0 Å². The molecule has 0 bridgehead atoms. The summed E-state index contributed by atoms with van der Waals surface area (Å²) in [6, 6.07) is 17.4. The lowest BCUT2D eigenvalue weighted by molar-refractivity contribution is 0.0731. The average molecular weight is 576 g/mol. The van der Waals surface area contributed by atoms with Crippen molar-refractivity contribution in [3.05, 3.63) is 82.4 Å². The summed E-state index contributed by atoms with van der Waals surface area (Å²) in [6.45, 7) is 5.01. The summed E-state index contributed by atoms with van der Waals surface area (Å²) in [4.78, 5) is 45.4. The average Bonchev–Trinajstić information content (AvgIpc) is 3.49. The fourth-order valence-electron chi connectivity index (χ4n) is 5.28. The number of fused-ring (bicyclic) bond motifs is 1.